The molecule has 0 aromatic rings. The number of nitrogens with zero attached hydrogens (tertiary/aromatic N) is 1. The molecule has 11 nitrogen and oxygen atoms in total. The Morgan fingerprint density at radius 1 is 1.05 bits per heavy atom. The fraction of sp³-hybridized carbons (Fsp3) is 0.778. The molecule has 2 fully saturated rings. The maximum absolute atomic E-state index is 13.6. The van der Waals surface area contributed by atoms with E-state index in [2.05, 4.69) is 15.4 Å². The van der Waals surface area contributed by atoms with E-state index in [9.17, 15) is 27.6 Å². The maximum Gasteiger partial charge on any atom is 0.408 e. The van der Waals surface area contributed by atoms with Crippen LogP contribution < -0.4 is 15.4 Å². The fourth-order valence-corrected chi connectivity index (χ4v) is 5.64. The zero-order valence-electron chi connectivity index (χ0n) is 24.0. The smallest absolute Gasteiger partial charge is 0.408 e. The predicted octanol–water partition coefficient (Wildman–Crippen LogP) is 2.51. The minimum Gasteiger partial charge on any atom is -0.444 e. The summed E-state index contributed by atoms with van der Waals surface area (Å²) in [5.74, 6) is -2.00. The summed E-state index contributed by atoms with van der Waals surface area (Å²) in [4.78, 5) is 54.5. The molecule has 39 heavy (non-hydrogen) atoms. The fourth-order valence-electron chi connectivity index (χ4n) is 4.91. The van der Waals surface area contributed by atoms with E-state index in [0.717, 1.165) is 19.3 Å². The highest BCUT2D eigenvalue weighted by atomic mass is 32.2. The van der Waals surface area contributed by atoms with Gasteiger partial charge in [-0.05, 0) is 80.1 Å². The molecule has 1 saturated carbocycles. The molecule has 0 unspecified atom stereocenters. The minimum atomic E-state index is -3.99. The van der Waals surface area contributed by atoms with Gasteiger partial charge < -0.3 is 20.3 Å². The number of allylic oxidation sites excluding steroid dienone is 1. The number of hydrogen-bond donors (Lipinski definition) is 3. The van der Waals surface area contributed by atoms with Gasteiger partial charge in [-0.15, -0.1) is 0 Å². The molecule has 3 N–H and O–H groups in total. The van der Waals surface area contributed by atoms with Gasteiger partial charge in [0.05, 0.1) is 4.75 Å². The summed E-state index contributed by atoms with van der Waals surface area (Å²) >= 11 is 0. The van der Waals surface area contributed by atoms with Crippen molar-refractivity contribution in [2.45, 2.75) is 121 Å². The van der Waals surface area contributed by atoms with Gasteiger partial charge in [0.25, 0.3) is 5.91 Å². The number of nitrogens with one attached hydrogen (secondary N) is 3. The van der Waals surface area contributed by atoms with E-state index < -0.39 is 55.9 Å². The Kier molecular flexibility index (Phi) is 9.08. The molecule has 2 heterocycles. The van der Waals surface area contributed by atoms with Gasteiger partial charge in [-0.2, -0.15) is 0 Å². The lowest BCUT2D eigenvalue weighted by Gasteiger charge is -2.31. The van der Waals surface area contributed by atoms with E-state index in [1.165, 1.54) is 25.7 Å². The van der Waals surface area contributed by atoms with E-state index in [1.807, 2.05) is 12.2 Å². The summed E-state index contributed by atoms with van der Waals surface area (Å²) in [6.45, 7) is 10.0. The third kappa shape index (κ3) is 7.52. The number of amides is 4. The molecule has 1 saturated heterocycles. The quantitative estimate of drug-likeness (QED) is 0.443. The Balaban J connectivity index is 1.85. The molecule has 3 rings (SSSR count). The third-order valence-corrected chi connectivity index (χ3v) is 9.43. The Morgan fingerprint density at radius 3 is 2.38 bits per heavy atom. The molecule has 0 aromatic heterocycles. The van der Waals surface area contributed by atoms with Crippen LogP contribution in [0.3, 0.4) is 0 Å². The molecule has 0 radical (unpaired) electrons. The largest absolute Gasteiger partial charge is 0.444 e. The van der Waals surface area contributed by atoms with Crippen molar-refractivity contribution in [3.63, 3.8) is 0 Å². The monoisotopic (exact) mass is 568 g/mol. The average molecular weight is 569 g/mol. The van der Waals surface area contributed by atoms with Crippen molar-refractivity contribution in [3.8, 4) is 0 Å². The first kappa shape index (κ1) is 30.9. The highest BCUT2D eigenvalue weighted by Gasteiger charge is 2.61. The zero-order chi connectivity index (χ0) is 29.2. The maximum atomic E-state index is 13.6. The van der Waals surface area contributed by atoms with Gasteiger partial charge in [0.2, 0.25) is 21.8 Å². The Hall–Kier alpha value is -2.63. The average Bonchev–Trinajstić information content (AvgIpc) is 3.25. The van der Waals surface area contributed by atoms with Gasteiger partial charge in [0.1, 0.15) is 23.2 Å². The normalized spacial score (nSPS) is 29.6. The number of rotatable bonds is 3. The Morgan fingerprint density at radius 2 is 1.74 bits per heavy atom. The molecule has 3 aliphatic rings. The lowest BCUT2D eigenvalue weighted by atomic mass is 10.0. The van der Waals surface area contributed by atoms with Crippen molar-refractivity contribution in [2.75, 3.05) is 6.54 Å². The standard InChI is InChI=1S/C27H44N4O7S/c1-25(2,3)38-24(35)28-19-14-11-9-7-8-10-13-18-17-27(18,23(34)30-39(36,37)26(4,5)6)29-21(32)20-15-12-16-31(20)22(19)33/h10,13,18-20H,7-9,11-12,14-17H2,1-6H3,(H,28,35)(H,29,32)(H,30,34)/b13-10-/t18-,19-,20-,27+/m0/s1. The first-order valence-electron chi connectivity index (χ1n) is 13.8. The van der Waals surface area contributed by atoms with Gasteiger partial charge in [-0.3, -0.25) is 19.1 Å². The first-order valence-corrected chi connectivity index (χ1v) is 15.3. The van der Waals surface area contributed by atoms with Crippen molar-refractivity contribution in [2.24, 2.45) is 5.92 Å². The second kappa shape index (κ2) is 11.5. The van der Waals surface area contributed by atoms with Crippen LogP contribution in [0.5, 0.6) is 0 Å². The number of alkyl carbamates (subject to hydrolysis) is 1. The Bertz CT molecular complexity index is 1110. The number of carbonyl (C=O) groups is 4. The molecular weight excluding hydrogens is 524 g/mol. The summed E-state index contributed by atoms with van der Waals surface area (Å²) in [5.41, 5.74) is -2.14. The predicted molar refractivity (Wildman–Crippen MR) is 146 cm³/mol. The lowest BCUT2D eigenvalue weighted by Crippen LogP contribution is -2.59. The van der Waals surface area contributed by atoms with Gasteiger partial charge in [-0.25, -0.2) is 13.2 Å². The first-order chi connectivity index (χ1) is 18.0. The highest BCUT2D eigenvalue weighted by Crippen LogP contribution is 2.46. The SMILES string of the molecule is CC(C)(C)OC(=O)N[C@H]1CCCCC/C=C\[C@H]2C[C@@]2(C(=O)NS(=O)(=O)C(C)(C)C)NC(=O)[C@@H]2CCCN2C1=O. The molecule has 0 aromatic carbocycles. The van der Waals surface area contributed by atoms with Crippen LogP contribution in [0.2, 0.25) is 0 Å². The molecule has 1 aliphatic carbocycles. The lowest BCUT2D eigenvalue weighted by molar-refractivity contribution is -0.141. The number of ether oxygens (including phenoxy) is 1. The van der Waals surface area contributed by atoms with Gasteiger partial charge in [0.15, 0.2) is 0 Å². The van der Waals surface area contributed by atoms with Crippen molar-refractivity contribution in [1.29, 1.82) is 0 Å². The summed E-state index contributed by atoms with van der Waals surface area (Å²) in [7, 11) is -3.99. The summed E-state index contributed by atoms with van der Waals surface area (Å²) in [6.07, 6.45) is 7.88. The van der Waals surface area contributed by atoms with Crippen molar-refractivity contribution < 1.29 is 32.3 Å². The molecule has 2 aliphatic heterocycles. The van der Waals surface area contributed by atoms with Crippen LogP contribution >= 0.6 is 0 Å². The molecular formula is C27H44N4O7S. The molecule has 12 heteroatoms. The molecule has 4 amide bonds. The molecule has 220 valence electrons. The van der Waals surface area contributed by atoms with Crippen LogP contribution in [0, 0.1) is 5.92 Å². The van der Waals surface area contributed by atoms with Gasteiger partial charge >= 0.3 is 6.09 Å². The summed E-state index contributed by atoms with van der Waals surface area (Å²) in [5, 5.41) is 5.52. The molecule has 0 spiro atoms. The van der Waals surface area contributed by atoms with Crippen LogP contribution in [0.25, 0.3) is 0 Å². The van der Waals surface area contributed by atoms with Crippen LogP contribution in [0.1, 0.15) is 92.9 Å². The summed E-state index contributed by atoms with van der Waals surface area (Å²) < 4.78 is 31.8. The second-order valence-corrected chi connectivity index (χ2v) is 15.2. The molecule has 0 bridgehead atoms. The van der Waals surface area contributed by atoms with E-state index >= 15 is 0 Å². The number of fused-ring (bicyclic) bond motifs is 2. The van der Waals surface area contributed by atoms with Gasteiger partial charge in [0, 0.05) is 12.5 Å². The van der Waals surface area contributed by atoms with Crippen LogP contribution in [-0.4, -0.2) is 71.6 Å². The van der Waals surface area contributed by atoms with E-state index in [4.69, 9.17) is 4.74 Å². The van der Waals surface area contributed by atoms with E-state index in [-0.39, 0.29) is 18.2 Å². The topological polar surface area (TPSA) is 151 Å². The van der Waals surface area contributed by atoms with E-state index in [0.29, 0.717) is 32.2 Å². The Labute approximate surface area is 231 Å². The number of sulfonamides is 1. The van der Waals surface area contributed by atoms with Crippen molar-refractivity contribution in [1.82, 2.24) is 20.3 Å². The zero-order valence-corrected chi connectivity index (χ0v) is 24.8. The van der Waals surface area contributed by atoms with Crippen molar-refractivity contribution >= 4 is 33.8 Å². The van der Waals surface area contributed by atoms with E-state index in [1.54, 1.807) is 20.8 Å². The van der Waals surface area contributed by atoms with Crippen LogP contribution in [0.15, 0.2) is 12.2 Å². The number of hydrogen-bond acceptors (Lipinski definition) is 7. The molecule has 4 atom stereocenters. The van der Waals surface area contributed by atoms with Crippen molar-refractivity contribution in [3.05, 3.63) is 12.2 Å². The van der Waals surface area contributed by atoms with Gasteiger partial charge in [-0.1, -0.05) is 25.0 Å². The van der Waals surface area contributed by atoms with Crippen LogP contribution in [-0.2, 0) is 29.1 Å². The minimum absolute atomic E-state index is 0.268. The summed E-state index contributed by atoms with van der Waals surface area (Å²) in [6, 6.07) is -1.68. The second-order valence-electron chi connectivity index (χ2n) is 12.8. The highest BCUT2D eigenvalue weighted by molar-refractivity contribution is 7.91. The number of carbonyl (C=O) groups excluding carboxylic acids is 4. The van der Waals surface area contributed by atoms with Crippen LogP contribution in [0.4, 0.5) is 4.79 Å². The third-order valence-electron chi connectivity index (χ3n) is 7.36.